The highest BCUT2D eigenvalue weighted by atomic mass is 35.5. The molecule has 0 spiro atoms. The summed E-state index contributed by atoms with van der Waals surface area (Å²) in [6.45, 7) is 3.73. The Hall–Kier alpha value is -2.84. The number of amides is 2. The molecule has 0 saturated heterocycles. The molecular weight excluding hydrogens is 410 g/mol. The average Bonchev–Trinajstić information content (AvgIpc) is 3.22. The Morgan fingerprint density at radius 1 is 1.17 bits per heavy atom. The summed E-state index contributed by atoms with van der Waals surface area (Å²) in [5.74, 6) is -0.236. The van der Waals surface area contributed by atoms with Gasteiger partial charge in [0.2, 0.25) is 11.8 Å². The monoisotopic (exact) mass is 429 g/mol. The van der Waals surface area contributed by atoms with Gasteiger partial charge in [-0.05, 0) is 44.2 Å². The zero-order chi connectivity index (χ0) is 20.8. The minimum atomic E-state index is -0.443. The Labute approximate surface area is 177 Å². The maximum Gasteiger partial charge on any atom is 0.237 e. The third-order valence-electron chi connectivity index (χ3n) is 4.05. The van der Waals surface area contributed by atoms with Crippen LogP contribution in [0.25, 0.3) is 5.69 Å². The molecule has 1 unspecified atom stereocenters. The molecule has 2 aromatic carbocycles. The van der Waals surface area contributed by atoms with Crippen molar-refractivity contribution in [1.29, 1.82) is 0 Å². The maximum absolute atomic E-state index is 12.6. The Kier molecular flexibility index (Phi) is 6.90. The molecule has 1 heterocycles. The molecule has 150 valence electrons. The van der Waals surface area contributed by atoms with Gasteiger partial charge in [0.15, 0.2) is 0 Å². The van der Waals surface area contributed by atoms with E-state index in [-0.39, 0.29) is 17.6 Å². The van der Waals surface area contributed by atoms with E-state index in [9.17, 15) is 9.59 Å². The van der Waals surface area contributed by atoms with Crippen LogP contribution in [0.15, 0.2) is 55.1 Å². The second kappa shape index (κ2) is 9.58. The SMILES string of the molecule is Cc1ccc(NC(=O)CSC(C)C(=O)Nc2cc(Cl)ccc2-n2cncn2)cc1. The van der Waals surface area contributed by atoms with Crippen LogP contribution in [0.5, 0.6) is 0 Å². The molecule has 0 aliphatic carbocycles. The second-order valence-electron chi connectivity index (χ2n) is 6.36. The van der Waals surface area contributed by atoms with Crippen molar-refractivity contribution < 1.29 is 9.59 Å². The average molecular weight is 430 g/mol. The molecule has 0 fully saturated rings. The van der Waals surface area contributed by atoms with E-state index < -0.39 is 5.25 Å². The van der Waals surface area contributed by atoms with Crippen LogP contribution in [0.3, 0.4) is 0 Å². The molecule has 1 atom stereocenters. The summed E-state index contributed by atoms with van der Waals surface area (Å²) in [5.41, 5.74) is 3.02. The third kappa shape index (κ3) is 5.82. The number of hydrogen-bond acceptors (Lipinski definition) is 5. The van der Waals surface area contributed by atoms with E-state index >= 15 is 0 Å². The summed E-state index contributed by atoms with van der Waals surface area (Å²) in [5, 5.41) is 9.81. The summed E-state index contributed by atoms with van der Waals surface area (Å²) in [4.78, 5) is 28.7. The van der Waals surface area contributed by atoms with E-state index in [0.29, 0.717) is 16.4 Å². The van der Waals surface area contributed by atoms with Crippen LogP contribution in [-0.4, -0.2) is 37.6 Å². The highest BCUT2D eigenvalue weighted by molar-refractivity contribution is 8.01. The molecule has 0 saturated carbocycles. The zero-order valence-corrected chi connectivity index (χ0v) is 17.5. The van der Waals surface area contributed by atoms with Gasteiger partial charge in [-0.1, -0.05) is 29.3 Å². The minimum Gasteiger partial charge on any atom is -0.325 e. The number of aryl methyl sites for hydroxylation is 1. The van der Waals surface area contributed by atoms with E-state index in [1.165, 1.54) is 24.4 Å². The number of hydrogen-bond donors (Lipinski definition) is 2. The van der Waals surface area contributed by atoms with Gasteiger partial charge in [0.05, 0.1) is 22.4 Å². The summed E-state index contributed by atoms with van der Waals surface area (Å²) in [6, 6.07) is 12.7. The van der Waals surface area contributed by atoms with Crippen molar-refractivity contribution >= 4 is 46.6 Å². The quantitative estimate of drug-likeness (QED) is 0.594. The lowest BCUT2D eigenvalue weighted by Gasteiger charge is -2.15. The summed E-state index contributed by atoms with van der Waals surface area (Å²) in [7, 11) is 0. The molecular formula is C20H20ClN5O2S. The van der Waals surface area contributed by atoms with Crippen LogP contribution in [0.2, 0.25) is 5.02 Å². The van der Waals surface area contributed by atoms with Gasteiger partial charge in [-0.2, -0.15) is 5.10 Å². The molecule has 3 rings (SSSR count). The molecule has 0 radical (unpaired) electrons. The van der Waals surface area contributed by atoms with Gasteiger partial charge in [0, 0.05) is 10.7 Å². The first-order valence-electron chi connectivity index (χ1n) is 8.86. The topological polar surface area (TPSA) is 88.9 Å². The Morgan fingerprint density at radius 2 is 1.93 bits per heavy atom. The number of thioether (sulfide) groups is 1. The number of benzene rings is 2. The largest absolute Gasteiger partial charge is 0.325 e. The van der Waals surface area contributed by atoms with Crippen LogP contribution in [0.4, 0.5) is 11.4 Å². The fraction of sp³-hybridized carbons (Fsp3) is 0.200. The minimum absolute atomic E-state index is 0.161. The van der Waals surface area contributed by atoms with E-state index in [0.717, 1.165) is 11.3 Å². The van der Waals surface area contributed by atoms with Gasteiger partial charge < -0.3 is 10.6 Å². The van der Waals surface area contributed by atoms with Gasteiger partial charge >= 0.3 is 0 Å². The summed E-state index contributed by atoms with van der Waals surface area (Å²) in [6.07, 6.45) is 2.94. The molecule has 0 aliphatic rings. The second-order valence-corrected chi connectivity index (χ2v) is 8.12. The molecule has 9 heteroatoms. The number of anilines is 2. The fourth-order valence-electron chi connectivity index (χ4n) is 2.49. The van der Waals surface area contributed by atoms with Crippen LogP contribution >= 0.6 is 23.4 Å². The standard InChI is InChI=1S/C20H20ClN5O2S/c1-13-3-6-16(7-4-13)24-19(27)10-29-14(2)20(28)25-17-9-15(21)5-8-18(17)26-12-22-11-23-26/h3-9,11-12,14H,10H2,1-2H3,(H,24,27)(H,25,28). The number of carbonyl (C=O) groups excluding carboxylic acids is 2. The van der Waals surface area contributed by atoms with Crippen LogP contribution in [-0.2, 0) is 9.59 Å². The smallest absolute Gasteiger partial charge is 0.237 e. The Bertz CT molecular complexity index is 993. The Balaban J connectivity index is 1.57. The number of halogens is 1. The normalized spacial score (nSPS) is 11.7. The lowest BCUT2D eigenvalue weighted by atomic mass is 10.2. The zero-order valence-electron chi connectivity index (χ0n) is 15.9. The highest BCUT2D eigenvalue weighted by Crippen LogP contribution is 2.25. The van der Waals surface area contributed by atoms with Gasteiger partial charge in [0.1, 0.15) is 12.7 Å². The molecule has 1 aromatic heterocycles. The molecule has 0 aliphatic heterocycles. The third-order valence-corrected chi connectivity index (χ3v) is 5.43. The lowest BCUT2D eigenvalue weighted by Crippen LogP contribution is -2.25. The van der Waals surface area contributed by atoms with Gasteiger partial charge in [-0.25, -0.2) is 9.67 Å². The van der Waals surface area contributed by atoms with E-state index in [2.05, 4.69) is 20.7 Å². The number of carbonyl (C=O) groups is 2. The Morgan fingerprint density at radius 3 is 2.62 bits per heavy atom. The molecule has 0 bridgehead atoms. The van der Waals surface area contributed by atoms with E-state index in [1.54, 1.807) is 29.8 Å². The van der Waals surface area contributed by atoms with E-state index in [4.69, 9.17) is 11.6 Å². The maximum atomic E-state index is 12.6. The number of aromatic nitrogens is 3. The predicted molar refractivity (Wildman–Crippen MR) is 117 cm³/mol. The summed E-state index contributed by atoms with van der Waals surface area (Å²) >= 11 is 7.33. The van der Waals surface area contributed by atoms with Crippen LogP contribution in [0, 0.1) is 6.92 Å². The highest BCUT2D eigenvalue weighted by Gasteiger charge is 2.18. The fourth-order valence-corrected chi connectivity index (χ4v) is 3.34. The van der Waals surface area contributed by atoms with Crippen molar-refractivity contribution in [2.75, 3.05) is 16.4 Å². The van der Waals surface area contributed by atoms with Crippen molar-refractivity contribution in [3.63, 3.8) is 0 Å². The van der Waals surface area contributed by atoms with Crippen molar-refractivity contribution in [1.82, 2.24) is 14.8 Å². The molecule has 7 nitrogen and oxygen atoms in total. The number of nitrogens with one attached hydrogen (secondary N) is 2. The first-order valence-corrected chi connectivity index (χ1v) is 10.3. The van der Waals surface area contributed by atoms with Crippen LogP contribution in [0.1, 0.15) is 12.5 Å². The first kappa shape index (κ1) is 20.9. The molecule has 2 amide bonds. The molecule has 3 aromatic rings. The van der Waals surface area contributed by atoms with Crippen molar-refractivity contribution in [2.45, 2.75) is 19.1 Å². The van der Waals surface area contributed by atoms with Crippen LogP contribution < -0.4 is 10.6 Å². The number of rotatable bonds is 7. The van der Waals surface area contributed by atoms with Gasteiger partial charge in [-0.3, -0.25) is 9.59 Å². The predicted octanol–water partition coefficient (Wildman–Crippen LogP) is 3.93. The molecule has 29 heavy (non-hydrogen) atoms. The summed E-state index contributed by atoms with van der Waals surface area (Å²) < 4.78 is 1.54. The van der Waals surface area contributed by atoms with Crippen molar-refractivity contribution in [2.24, 2.45) is 0 Å². The first-order chi connectivity index (χ1) is 13.9. The van der Waals surface area contributed by atoms with Gasteiger partial charge in [-0.15, -0.1) is 11.8 Å². The molecule has 2 N–H and O–H groups in total. The number of nitrogens with zero attached hydrogens (tertiary/aromatic N) is 3. The van der Waals surface area contributed by atoms with Crippen molar-refractivity contribution in [3.8, 4) is 5.69 Å². The van der Waals surface area contributed by atoms with Gasteiger partial charge in [0.25, 0.3) is 0 Å². The lowest BCUT2D eigenvalue weighted by molar-refractivity contribution is -0.115. The van der Waals surface area contributed by atoms with E-state index in [1.807, 2.05) is 31.2 Å². The van der Waals surface area contributed by atoms with Crippen molar-refractivity contribution in [3.05, 3.63) is 65.7 Å².